The van der Waals surface area contributed by atoms with Gasteiger partial charge in [0.1, 0.15) is 0 Å². The van der Waals surface area contributed by atoms with Crippen molar-refractivity contribution in [3.8, 4) is 0 Å². The van der Waals surface area contributed by atoms with Crippen molar-refractivity contribution in [3.05, 3.63) is 12.2 Å². The van der Waals surface area contributed by atoms with Crippen LogP contribution >= 0.6 is 0 Å². The van der Waals surface area contributed by atoms with E-state index >= 15 is 0 Å². The van der Waals surface area contributed by atoms with Crippen LogP contribution in [0.25, 0.3) is 0 Å². The van der Waals surface area contributed by atoms with Crippen molar-refractivity contribution in [2.24, 2.45) is 5.92 Å². The maximum atomic E-state index is 11.1. The van der Waals surface area contributed by atoms with Gasteiger partial charge in [-0.05, 0) is 19.4 Å². The Balaban J connectivity index is 3.92. The van der Waals surface area contributed by atoms with Crippen LogP contribution < -0.4 is 5.32 Å². The van der Waals surface area contributed by atoms with E-state index in [1.165, 1.54) is 6.08 Å². The average molecular weight is 169 g/mol. The smallest absolute Gasteiger partial charge is 0.250 e. The van der Waals surface area contributed by atoms with E-state index in [0.29, 0.717) is 0 Å². The van der Waals surface area contributed by atoms with Gasteiger partial charge in [-0.1, -0.05) is 19.9 Å². The number of carbonyl (C=O) groups excluding carboxylic acids is 2. The van der Waals surface area contributed by atoms with Gasteiger partial charge in [-0.25, -0.2) is 0 Å². The van der Waals surface area contributed by atoms with Crippen LogP contribution in [0.2, 0.25) is 0 Å². The summed E-state index contributed by atoms with van der Waals surface area (Å²) in [5, 5.41) is 2.27. The van der Waals surface area contributed by atoms with Gasteiger partial charge in [0.2, 0.25) is 11.8 Å². The van der Waals surface area contributed by atoms with Gasteiger partial charge >= 0.3 is 0 Å². The summed E-state index contributed by atoms with van der Waals surface area (Å²) in [6.45, 7) is 5.43. The van der Waals surface area contributed by atoms with Crippen molar-refractivity contribution in [1.29, 1.82) is 0 Å². The molecule has 0 aliphatic carbocycles. The molecule has 0 aliphatic heterocycles. The predicted molar refractivity (Wildman–Crippen MR) is 47.4 cm³/mol. The molecule has 0 aliphatic rings. The number of rotatable bonds is 3. The Morgan fingerprint density at radius 1 is 1.50 bits per heavy atom. The SMILES string of the molecule is C/C=C\C(=O)NC(=O)C(C)CC. The molecule has 2 amide bonds. The van der Waals surface area contributed by atoms with Gasteiger partial charge in [-0.2, -0.15) is 0 Å². The standard InChI is InChI=1S/C9H15NO2/c1-4-6-8(11)10-9(12)7(3)5-2/h4,6-7H,5H2,1-3H3,(H,10,11,12)/b6-4-. The molecule has 0 rings (SSSR count). The third-order valence-corrected chi connectivity index (χ3v) is 1.62. The minimum Gasteiger partial charge on any atom is -0.293 e. The van der Waals surface area contributed by atoms with Crippen molar-refractivity contribution in [1.82, 2.24) is 5.32 Å². The molecule has 0 radical (unpaired) electrons. The maximum Gasteiger partial charge on any atom is 0.250 e. The van der Waals surface area contributed by atoms with E-state index in [1.54, 1.807) is 19.9 Å². The lowest BCUT2D eigenvalue weighted by Crippen LogP contribution is -2.33. The summed E-state index contributed by atoms with van der Waals surface area (Å²) >= 11 is 0. The number of carbonyl (C=O) groups is 2. The third kappa shape index (κ3) is 3.91. The second-order valence-electron chi connectivity index (χ2n) is 2.66. The van der Waals surface area contributed by atoms with Gasteiger partial charge < -0.3 is 0 Å². The Morgan fingerprint density at radius 3 is 2.50 bits per heavy atom. The molecule has 1 N–H and O–H groups in total. The van der Waals surface area contributed by atoms with E-state index < -0.39 is 0 Å². The van der Waals surface area contributed by atoms with E-state index in [4.69, 9.17) is 0 Å². The highest BCUT2D eigenvalue weighted by Crippen LogP contribution is 1.99. The molecule has 0 spiro atoms. The highest BCUT2D eigenvalue weighted by molar-refractivity contribution is 6.01. The van der Waals surface area contributed by atoms with Crippen LogP contribution in [0.4, 0.5) is 0 Å². The monoisotopic (exact) mass is 169 g/mol. The summed E-state index contributed by atoms with van der Waals surface area (Å²) in [6.07, 6.45) is 3.68. The van der Waals surface area contributed by atoms with Gasteiger partial charge in [0.25, 0.3) is 0 Å². The van der Waals surface area contributed by atoms with E-state index in [2.05, 4.69) is 5.32 Å². The van der Waals surface area contributed by atoms with Gasteiger partial charge in [-0.3, -0.25) is 14.9 Å². The summed E-state index contributed by atoms with van der Waals surface area (Å²) in [5.41, 5.74) is 0. The Labute approximate surface area is 72.8 Å². The summed E-state index contributed by atoms with van der Waals surface area (Å²) < 4.78 is 0. The Hall–Kier alpha value is -1.12. The average Bonchev–Trinajstić information content (AvgIpc) is 2.03. The first-order valence-corrected chi connectivity index (χ1v) is 4.09. The molecular formula is C9H15NO2. The van der Waals surface area contributed by atoms with Crippen LogP contribution in [0.5, 0.6) is 0 Å². The van der Waals surface area contributed by atoms with Crippen molar-refractivity contribution >= 4 is 11.8 Å². The molecule has 1 atom stereocenters. The second kappa shape index (κ2) is 5.52. The van der Waals surface area contributed by atoms with Crippen LogP contribution in [0.3, 0.4) is 0 Å². The molecule has 0 fully saturated rings. The van der Waals surface area contributed by atoms with Crippen LogP contribution in [-0.4, -0.2) is 11.8 Å². The Kier molecular flexibility index (Phi) is 5.00. The van der Waals surface area contributed by atoms with Crippen LogP contribution in [0.1, 0.15) is 27.2 Å². The normalized spacial score (nSPS) is 12.9. The minimum absolute atomic E-state index is 0.0980. The molecule has 12 heavy (non-hydrogen) atoms. The number of imide groups is 1. The molecule has 0 saturated carbocycles. The van der Waals surface area contributed by atoms with E-state index in [9.17, 15) is 9.59 Å². The third-order valence-electron chi connectivity index (χ3n) is 1.62. The first kappa shape index (κ1) is 10.9. The van der Waals surface area contributed by atoms with E-state index in [0.717, 1.165) is 6.42 Å². The van der Waals surface area contributed by atoms with Crippen molar-refractivity contribution in [2.75, 3.05) is 0 Å². The molecule has 0 aromatic rings. The molecule has 68 valence electrons. The fraction of sp³-hybridized carbons (Fsp3) is 0.556. The molecular weight excluding hydrogens is 154 g/mol. The molecule has 0 bridgehead atoms. The van der Waals surface area contributed by atoms with Crippen LogP contribution in [0, 0.1) is 5.92 Å². The molecule has 1 unspecified atom stereocenters. The van der Waals surface area contributed by atoms with E-state index in [-0.39, 0.29) is 17.7 Å². The summed E-state index contributed by atoms with van der Waals surface area (Å²) in [7, 11) is 0. The highest BCUT2D eigenvalue weighted by atomic mass is 16.2. The van der Waals surface area contributed by atoms with Gasteiger partial charge in [0.15, 0.2) is 0 Å². The first-order valence-electron chi connectivity index (χ1n) is 4.09. The lowest BCUT2D eigenvalue weighted by Gasteiger charge is -2.06. The number of nitrogens with one attached hydrogen (secondary N) is 1. The lowest BCUT2D eigenvalue weighted by atomic mass is 10.1. The number of hydrogen-bond donors (Lipinski definition) is 1. The van der Waals surface area contributed by atoms with Crippen molar-refractivity contribution in [2.45, 2.75) is 27.2 Å². The maximum absolute atomic E-state index is 11.1. The number of allylic oxidation sites excluding steroid dienone is 1. The second-order valence-corrected chi connectivity index (χ2v) is 2.66. The first-order chi connectivity index (χ1) is 5.61. The molecule has 0 aromatic carbocycles. The summed E-state index contributed by atoms with van der Waals surface area (Å²) in [5.74, 6) is -0.650. The lowest BCUT2D eigenvalue weighted by molar-refractivity contribution is -0.130. The fourth-order valence-electron chi connectivity index (χ4n) is 0.623. The van der Waals surface area contributed by atoms with Crippen molar-refractivity contribution < 1.29 is 9.59 Å². The molecule has 0 saturated heterocycles. The van der Waals surface area contributed by atoms with Gasteiger partial charge in [0, 0.05) is 5.92 Å². The Morgan fingerprint density at radius 2 is 2.08 bits per heavy atom. The number of amides is 2. The minimum atomic E-state index is -0.345. The highest BCUT2D eigenvalue weighted by Gasteiger charge is 2.11. The van der Waals surface area contributed by atoms with Gasteiger partial charge in [0.05, 0.1) is 0 Å². The quantitative estimate of drug-likeness (QED) is 0.646. The zero-order chi connectivity index (χ0) is 9.56. The number of hydrogen-bond acceptors (Lipinski definition) is 2. The van der Waals surface area contributed by atoms with Crippen LogP contribution in [-0.2, 0) is 9.59 Å². The summed E-state index contributed by atoms with van der Waals surface area (Å²) in [4.78, 5) is 21.9. The topological polar surface area (TPSA) is 46.2 Å². The molecule has 3 heteroatoms. The largest absolute Gasteiger partial charge is 0.293 e. The fourth-order valence-corrected chi connectivity index (χ4v) is 0.623. The van der Waals surface area contributed by atoms with E-state index in [1.807, 2.05) is 6.92 Å². The molecule has 3 nitrogen and oxygen atoms in total. The zero-order valence-electron chi connectivity index (χ0n) is 7.76. The van der Waals surface area contributed by atoms with Crippen LogP contribution in [0.15, 0.2) is 12.2 Å². The molecule has 0 heterocycles. The molecule has 0 aromatic heterocycles. The summed E-state index contributed by atoms with van der Waals surface area (Å²) in [6, 6.07) is 0. The van der Waals surface area contributed by atoms with Gasteiger partial charge in [-0.15, -0.1) is 0 Å². The predicted octanol–water partition coefficient (Wildman–Crippen LogP) is 1.25. The Bertz CT molecular complexity index is 197. The zero-order valence-corrected chi connectivity index (χ0v) is 7.76. The van der Waals surface area contributed by atoms with Crippen molar-refractivity contribution in [3.63, 3.8) is 0 Å².